The monoisotopic (exact) mass is 1540 g/mol. The zero-order valence-corrected chi connectivity index (χ0v) is 65.5. The first-order chi connectivity index (χ1) is 50.8. The smallest absolute Gasteiger partial charge is 0.470 e. The average Bonchev–Trinajstić information content (AvgIpc) is 0.764. The number of nitrogens with one attached hydrogen (secondary N) is 1. The Balaban J connectivity index is 2.65. The number of aliphatic hydroxyl groups is 9. The molecule has 2 saturated heterocycles. The zero-order chi connectivity index (χ0) is 78.6. The van der Waals surface area contributed by atoms with Gasteiger partial charge >= 0.3 is 31.7 Å². The van der Waals surface area contributed by atoms with Crippen LogP contribution in [-0.4, -0.2) is 220 Å². The highest BCUT2D eigenvalue weighted by Crippen LogP contribution is 2.42. The van der Waals surface area contributed by atoms with Gasteiger partial charge in [0.05, 0.1) is 38.8 Å². The minimum Gasteiger partial charge on any atom is -0.477 e. The summed E-state index contributed by atoms with van der Waals surface area (Å²) in [5, 5.41) is 110. The van der Waals surface area contributed by atoms with Gasteiger partial charge in [0.25, 0.3) is 5.79 Å². The molecule has 2 aliphatic rings. The van der Waals surface area contributed by atoms with Crippen molar-refractivity contribution in [1.82, 2.24) is 5.32 Å². The van der Waals surface area contributed by atoms with Crippen molar-refractivity contribution in [2.45, 2.75) is 433 Å². The largest absolute Gasteiger partial charge is 0.477 e. The molecule has 13 N–H and O–H groups in total. The van der Waals surface area contributed by atoms with Crippen LogP contribution >= 0.6 is 7.82 Å². The van der Waals surface area contributed by atoms with Gasteiger partial charge in [-0.15, -0.1) is 0 Å². The highest BCUT2D eigenvalue weighted by Gasteiger charge is 2.58. The zero-order valence-electron chi connectivity index (χ0n) is 64.6. The van der Waals surface area contributed by atoms with Crippen molar-refractivity contribution in [3.8, 4) is 0 Å². The van der Waals surface area contributed by atoms with E-state index in [4.69, 9.17) is 37.7 Å². The number of amides is 1. The molecule has 0 aromatic heterocycles. The van der Waals surface area contributed by atoms with Gasteiger partial charge in [-0.1, -0.05) is 259 Å². The van der Waals surface area contributed by atoms with Gasteiger partial charge in [0, 0.05) is 19.3 Å². The van der Waals surface area contributed by atoms with E-state index >= 15 is 0 Å². The van der Waals surface area contributed by atoms with Crippen molar-refractivity contribution in [2.75, 3.05) is 19.8 Å². The lowest BCUT2D eigenvalue weighted by atomic mass is 9.91. The van der Waals surface area contributed by atoms with Crippen LogP contribution in [-0.2, 0) is 71.0 Å². The van der Waals surface area contributed by atoms with Gasteiger partial charge in [-0.25, -0.2) is 9.36 Å². The number of hydrogen-bond donors (Lipinski definition) is 13. The number of phosphoric acid groups is 1. The Bertz CT molecular complexity index is 2340. The number of aldehydes is 1. The Kier molecular flexibility index (Phi) is 55.3. The van der Waals surface area contributed by atoms with E-state index in [1.807, 2.05) is 0 Å². The number of carbonyl (C=O) groups excluding carboxylic acids is 5. The summed E-state index contributed by atoms with van der Waals surface area (Å²) >= 11 is 0. The third-order valence-corrected chi connectivity index (χ3v) is 20.6. The molecule has 0 aliphatic carbocycles. The highest BCUT2D eigenvalue weighted by atomic mass is 31.2. The van der Waals surface area contributed by atoms with Crippen molar-refractivity contribution in [1.29, 1.82) is 0 Å². The Morgan fingerprint density at radius 1 is 0.509 bits per heavy atom. The summed E-state index contributed by atoms with van der Waals surface area (Å²) in [6.45, 7) is 4.87. The van der Waals surface area contributed by atoms with Crippen molar-refractivity contribution in [2.24, 2.45) is 0 Å². The number of phosphoric ester groups is 1. The van der Waals surface area contributed by atoms with Crippen LogP contribution in [0.5, 0.6) is 0 Å². The van der Waals surface area contributed by atoms with Crippen LogP contribution in [0, 0.1) is 0 Å². The normalized spacial score (nSPS) is 22.9. The summed E-state index contributed by atoms with van der Waals surface area (Å²) < 4.78 is 58.6. The molecule has 2 aliphatic heterocycles. The molecule has 28 nitrogen and oxygen atoms in total. The van der Waals surface area contributed by atoms with E-state index in [1.54, 1.807) is 0 Å². The molecule has 17 unspecified atom stereocenters. The van der Waals surface area contributed by atoms with Gasteiger partial charge in [0.2, 0.25) is 5.91 Å². The average molecular weight is 1540 g/mol. The van der Waals surface area contributed by atoms with Crippen LogP contribution in [0.25, 0.3) is 0 Å². The maximum Gasteiger partial charge on any atom is 0.470 e. The number of unbranched alkanes of at least 4 members (excludes halogenated alkanes) is 36. The van der Waals surface area contributed by atoms with Crippen LogP contribution < -0.4 is 5.32 Å². The molecule has 0 saturated carbocycles. The summed E-state index contributed by atoms with van der Waals surface area (Å²) in [6, 6.07) is -2.19. The molecule has 0 radical (unpaired) electrons. The van der Waals surface area contributed by atoms with E-state index < -0.39 is 180 Å². The Morgan fingerprint density at radius 2 is 0.896 bits per heavy atom. The summed E-state index contributed by atoms with van der Waals surface area (Å²) in [5.41, 5.74) is 0. The van der Waals surface area contributed by atoms with Crippen LogP contribution in [0.1, 0.15) is 329 Å². The molecule has 2 fully saturated rings. The van der Waals surface area contributed by atoms with Crippen molar-refractivity contribution in [3.63, 3.8) is 0 Å². The predicted molar refractivity (Wildman–Crippen MR) is 395 cm³/mol. The number of carboxylic acid groups (broad SMARTS) is 1. The van der Waals surface area contributed by atoms with E-state index in [9.17, 15) is 94.2 Å². The molecule has 622 valence electrons. The first kappa shape index (κ1) is 98.7. The fourth-order valence-corrected chi connectivity index (χ4v) is 14.3. The second-order valence-electron chi connectivity index (χ2n) is 29.5. The number of aliphatic carboxylic acids is 1. The lowest BCUT2D eigenvalue weighted by molar-refractivity contribution is -0.371. The van der Waals surface area contributed by atoms with Gasteiger partial charge in [-0.3, -0.25) is 23.7 Å². The summed E-state index contributed by atoms with van der Waals surface area (Å²) in [4.78, 5) is 104. The Morgan fingerprint density at radius 3 is 1.28 bits per heavy atom. The number of aliphatic hydroxyl groups excluding tert-OH is 9. The maximum atomic E-state index is 14.6. The molecule has 2 heterocycles. The molecule has 1 amide bonds. The Hall–Kier alpha value is -3.39. The number of hydrogen-bond acceptors (Lipinski definition) is 24. The van der Waals surface area contributed by atoms with Gasteiger partial charge < -0.3 is 104 Å². The molecule has 2 rings (SSSR count). The third kappa shape index (κ3) is 42.3. The molecule has 0 bridgehead atoms. The van der Waals surface area contributed by atoms with E-state index in [1.165, 1.54) is 64.2 Å². The van der Waals surface area contributed by atoms with Crippen LogP contribution in [0.2, 0.25) is 0 Å². The number of carboxylic acids is 1. The summed E-state index contributed by atoms with van der Waals surface area (Å²) in [6.07, 6.45) is 7.19. The van der Waals surface area contributed by atoms with Crippen molar-refractivity contribution >= 4 is 43.9 Å². The van der Waals surface area contributed by atoms with Crippen LogP contribution in [0.3, 0.4) is 0 Å². The molecular weight excluding hydrogens is 1400 g/mol. The van der Waals surface area contributed by atoms with E-state index in [0.717, 1.165) is 161 Å². The van der Waals surface area contributed by atoms with Gasteiger partial charge in [-0.05, 0) is 38.5 Å². The molecule has 29 heteroatoms. The summed E-state index contributed by atoms with van der Waals surface area (Å²) in [7, 11) is -5.96. The number of carbonyl (C=O) groups is 6. The fraction of sp³-hybridized carbons (Fsp3) is 0.922. The first-order valence-electron chi connectivity index (χ1n) is 40.8. The first-order valence-corrected chi connectivity index (χ1v) is 42.3. The third-order valence-electron chi connectivity index (χ3n) is 20.0. The molecule has 0 spiro atoms. The van der Waals surface area contributed by atoms with Gasteiger partial charge in [0.15, 0.2) is 12.4 Å². The maximum absolute atomic E-state index is 14.6. The molecule has 0 aromatic rings. The predicted octanol–water partition coefficient (Wildman–Crippen LogP) is 10.1. The number of rotatable bonds is 68. The lowest BCUT2D eigenvalue weighted by Gasteiger charge is -2.48. The molecule has 0 aromatic carbocycles. The second-order valence-corrected chi connectivity index (χ2v) is 30.7. The number of ether oxygens (including phenoxy) is 7. The molecule has 106 heavy (non-hydrogen) atoms. The van der Waals surface area contributed by atoms with Crippen molar-refractivity contribution < 1.29 is 132 Å². The van der Waals surface area contributed by atoms with E-state index in [2.05, 4.69) is 33.0 Å². The van der Waals surface area contributed by atoms with Gasteiger partial charge in [0.1, 0.15) is 85.6 Å². The highest BCUT2D eigenvalue weighted by molar-refractivity contribution is 7.46. The van der Waals surface area contributed by atoms with Gasteiger partial charge in [-0.2, -0.15) is 0 Å². The summed E-state index contributed by atoms with van der Waals surface area (Å²) in [5.74, 6) is -8.78. The molecule has 17 atom stereocenters. The Labute approximate surface area is 631 Å². The van der Waals surface area contributed by atoms with Crippen molar-refractivity contribution in [3.05, 3.63) is 0 Å². The van der Waals surface area contributed by atoms with Crippen LogP contribution in [0.4, 0.5) is 0 Å². The lowest BCUT2D eigenvalue weighted by Crippen LogP contribution is -2.67. The minimum absolute atomic E-state index is 0.0252. The van der Waals surface area contributed by atoms with E-state index in [-0.39, 0.29) is 32.0 Å². The quantitative estimate of drug-likeness (QED) is 0.00885. The topological polar surface area (TPSA) is 448 Å². The SMILES string of the molecule is CCCCCCCCCCCCCC(=O)OC(CCCCCCCCCCC)CC(=O)NC(C=O)C(OC(=O)CC(CCCCCCCCCCC)OC(=O)CCCCCCCCCCCCC)C(OP(=O)(O)O)C(O)COC1(C(=O)O)CC(O)C(OC2OC(C(O)CO)C(O)C(O)C2O)C(C(O)CO)O1. The van der Waals surface area contributed by atoms with Crippen LogP contribution in [0.15, 0.2) is 0 Å². The standard InChI is InChI=1S/C77H142NO27P/c1-5-9-13-17-21-25-27-31-35-39-43-47-64(87)99-56(45-41-37-33-29-23-19-15-11-7-3)49-63(86)78-58(52-79)70(101-66(89)50-57(46-42-38-34-30-24-20-16-12-8-4)100-65(88)48-44-40-36-32-28-26-22-18-14-10-6-2)74(105-106(95,96)97)62(85)55-98-77(76(93)94)51-59(82)72(73(104-77)61(84)54-81)103-75-69(92)67(90)68(91)71(102-75)60(83)53-80/h52,56-62,67-75,80-85,90-92H,5-51,53-55H2,1-4H3,(H,78,86)(H,93,94)(H2,95,96,97). The molecular formula is C77H142NO27P. The fourth-order valence-electron chi connectivity index (χ4n) is 13.7. The number of esters is 3. The van der Waals surface area contributed by atoms with E-state index in [0.29, 0.717) is 32.1 Å². The second kappa shape index (κ2) is 59.4. The minimum atomic E-state index is -5.96.